The number of aryl methyl sites for hydroxylation is 1. The first-order chi connectivity index (χ1) is 9.70. The van der Waals surface area contributed by atoms with Crippen molar-refractivity contribution in [3.8, 4) is 0 Å². The van der Waals surface area contributed by atoms with Gasteiger partial charge in [0.05, 0.1) is 0 Å². The lowest BCUT2D eigenvalue weighted by atomic mass is 9.86. The number of hydrogen-bond acceptors (Lipinski definition) is 1. The maximum atomic E-state index is 3.82. The van der Waals surface area contributed by atoms with Crippen molar-refractivity contribution in [1.82, 2.24) is 5.32 Å². The van der Waals surface area contributed by atoms with Crippen molar-refractivity contribution in [2.75, 3.05) is 6.54 Å². The summed E-state index contributed by atoms with van der Waals surface area (Å²) in [4.78, 5) is 0. The Balaban J connectivity index is 2.20. The Morgan fingerprint density at radius 3 is 2.45 bits per heavy atom. The topological polar surface area (TPSA) is 12.0 Å². The average molecular weight is 338 g/mol. The molecule has 20 heavy (non-hydrogen) atoms. The molecule has 0 bridgehead atoms. The number of halogens is 1. The molecular weight excluding hydrogens is 310 g/mol. The van der Waals surface area contributed by atoms with Gasteiger partial charge in [0.1, 0.15) is 0 Å². The number of benzene rings is 1. The molecular formula is C18H28BrN. The number of rotatable bonds is 5. The molecule has 0 heterocycles. The van der Waals surface area contributed by atoms with Gasteiger partial charge in [-0.15, -0.1) is 0 Å². The summed E-state index contributed by atoms with van der Waals surface area (Å²) >= 11 is 3.66. The van der Waals surface area contributed by atoms with Gasteiger partial charge in [-0.05, 0) is 61.9 Å². The van der Waals surface area contributed by atoms with Crippen molar-refractivity contribution in [1.29, 1.82) is 0 Å². The summed E-state index contributed by atoms with van der Waals surface area (Å²) in [6.45, 7) is 5.56. The Labute approximate surface area is 132 Å². The zero-order valence-electron chi connectivity index (χ0n) is 12.9. The summed E-state index contributed by atoms with van der Waals surface area (Å²) in [5, 5.41) is 3.82. The summed E-state index contributed by atoms with van der Waals surface area (Å²) in [5.41, 5.74) is 2.82. The van der Waals surface area contributed by atoms with Crippen LogP contribution in [0.4, 0.5) is 0 Å². The second kappa shape index (κ2) is 8.19. The average Bonchev–Trinajstić information content (AvgIpc) is 2.67. The lowest BCUT2D eigenvalue weighted by molar-refractivity contribution is 0.325. The van der Waals surface area contributed by atoms with Crippen LogP contribution in [0.15, 0.2) is 22.7 Å². The highest BCUT2D eigenvalue weighted by Gasteiger charge is 2.24. The third-order valence-electron chi connectivity index (χ3n) is 4.41. The lowest BCUT2D eigenvalue weighted by Gasteiger charge is -2.28. The SMILES string of the molecule is CCCNC(c1cc(C)cc(Br)c1)C1CCCCCC1. The molecule has 1 nitrogen and oxygen atoms in total. The van der Waals surface area contributed by atoms with E-state index < -0.39 is 0 Å². The predicted octanol–water partition coefficient (Wildman–Crippen LogP) is 5.77. The highest BCUT2D eigenvalue weighted by atomic mass is 79.9. The molecule has 0 radical (unpaired) electrons. The van der Waals surface area contributed by atoms with Crippen molar-refractivity contribution in [3.05, 3.63) is 33.8 Å². The van der Waals surface area contributed by atoms with Crippen molar-refractivity contribution < 1.29 is 0 Å². The second-order valence-corrected chi connectivity index (χ2v) is 7.16. The lowest BCUT2D eigenvalue weighted by Crippen LogP contribution is -2.29. The molecule has 0 spiro atoms. The van der Waals surface area contributed by atoms with Gasteiger partial charge in [-0.3, -0.25) is 0 Å². The molecule has 1 unspecified atom stereocenters. The zero-order chi connectivity index (χ0) is 14.4. The Morgan fingerprint density at radius 2 is 1.85 bits per heavy atom. The molecule has 112 valence electrons. The van der Waals surface area contributed by atoms with E-state index in [1.807, 2.05) is 0 Å². The van der Waals surface area contributed by atoms with Gasteiger partial charge in [0.25, 0.3) is 0 Å². The van der Waals surface area contributed by atoms with Gasteiger partial charge in [-0.25, -0.2) is 0 Å². The smallest absolute Gasteiger partial charge is 0.0349 e. The van der Waals surface area contributed by atoms with Crippen molar-refractivity contribution >= 4 is 15.9 Å². The van der Waals surface area contributed by atoms with Gasteiger partial charge in [0, 0.05) is 10.5 Å². The molecule has 1 fully saturated rings. The largest absolute Gasteiger partial charge is 0.310 e. The summed E-state index contributed by atoms with van der Waals surface area (Å²) in [6.07, 6.45) is 9.63. The highest BCUT2D eigenvalue weighted by molar-refractivity contribution is 9.10. The van der Waals surface area contributed by atoms with E-state index >= 15 is 0 Å². The van der Waals surface area contributed by atoms with Crippen LogP contribution in [0.1, 0.15) is 69.0 Å². The van der Waals surface area contributed by atoms with Crippen LogP contribution < -0.4 is 5.32 Å². The van der Waals surface area contributed by atoms with Crippen LogP contribution in [0.25, 0.3) is 0 Å². The predicted molar refractivity (Wildman–Crippen MR) is 91.1 cm³/mol. The van der Waals surface area contributed by atoms with E-state index in [1.165, 1.54) is 60.5 Å². The zero-order valence-corrected chi connectivity index (χ0v) is 14.5. The molecule has 1 aromatic carbocycles. The first kappa shape index (κ1) is 16.0. The minimum absolute atomic E-state index is 0.532. The Morgan fingerprint density at radius 1 is 1.15 bits per heavy atom. The fourth-order valence-electron chi connectivity index (χ4n) is 3.44. The molecule has 0 amide bonds. The maximum Gasteiger partial charge on any atom is 0.0349 e. The second-order valence-electron chi connectivity index (χ2n) is 6.25. The molecule has 1 saturated carbocycles. The Kier molecular flexibility index (Phi) is 6.57. The first-order valence-electron chi connectivity index (χ1n) is 8.21. The van der Waals surface area contributed by atoms with E-state index in [0.29, 0.717) is 6.04 Å². The van der Waals surface area contributed by atoms with E-state index in [1.54, 1.807) is 0 Å². The van der Waals surface area contributed by atoms with E-state index in [2.05, 4.69) is 53.3 Å². The highest BCUT2D eigenvalue weighted by Crippen LogP contribution is 2.34. The molecule has 1 aromatic rings. The first-order valence-corrected chi connectivity index (χ1v) is 9.00. The Bertz CT molecular complexity index is 388. The monoisotopic (exact) mass is 337 g/mol. The summed E-state index contributed by atoms with van der Waals surface area (Å²) < 4.78 is 1.21. The van der Waals surface area contributed by atoms with Crippen molar-refractivity contribution in [2.45, 2.75) is 64.8 Å². The van der Waals surface area contributed by atoms with Crippen molar-refractivity contribution in [3.63, 3.8) is 0 Å². The third kappa shape index (κ3) is 4.60. The van der Waals surface area contributed by atoms with Crippen LogP contribution in [0, 0.1) is 12.8 Å². The quantitative estimate of drug-likeness (QED) is 0.672. The van der Waals surface area contributed by atoms with Crippen LogP contribution in [0.2, 0.25) is 0 Å². The van der Waals surface area contributed by atoms with Gasteiger partial charge in [0.15, 0.2) is 0 Å². The molecule has 0 aliphatic heterocycles. The van der Waals surface area contributed by atoms with E-state index in [4.69, 9.17) is 0 Å². The van der Waals surface area contributed by atoms with Crippen LogP contribution in [-0.2, 0) is 0 Å². The van der Waals surface area contributed by atoms with Crippen molar-refractivity contribution in [2.24, 2.45) is 5.92 Å². The minimum atomic E-state index is 0.532. The van der Waals surface area contributed by atoms with E-state index in [9.17, 15) is 0 Å². The normalized spacial score (nSPS) is 18.8. The fourth-order valence-corrected chi connectivity index (χ4v) is 4.07. The number of hydrogen-bond donors (Lipinski definition) is 1. The summed E-state index contributed by atoms with van der Waals surface area (Å²) in [6, 6.07) is 7.41. The van der Waals surface area contributed by atoms with E-state index in [-0.39, 0.29) is 0 Å². The van der Waals surface area contributed by atoms with Gasteiger partial charge in [0.2, 0.25) is 0 Å². The molecule has 1 aliphatic carbocycles. The van der Waals surface area contributed by atoms with Crippen LogP contribution >= 0.6 is 15.9 Å². The third-order valence-corrected chi connectivity index (χ3v) is 4.87. The fraction of sp³-hybridized carbons (Fsp3) is 0.667. The molecule has 1 atom stereocenters. The maximum absolute atomic E-state index is 3.82. The summed E-state index contributed by atoms with van der Waals surface area (Å²) in [7, 11) is 0. The van der Waals surface area contributed by atoms with Gasteiger partial charge < -0.3 is 5.32 Å². The van der Waals surface area contributed by atoms with Gasteiger partial charge in [-0.2, -0.15) is 0 Å². The van der Waals surface area contributed by atoms with Crippen LogP contribution in [0.3, 0.4) is 0 Å². The molecule has 2 heteroatoms. The van der Waals surface area contributed by atoms with Crippen LogP contribution in [-0.4, -0.2) is 6.54 Å². The van der Waals surface area contributed by atoms with Gasteiger partial charge >= 0.3 is 0 Å². The van der Waals surface area contributed by atoms with Crippen LogP contribution in [0.5, 0.6) is 0 Å². The molecule has 1 N–H and O–H groups in total. The van der Waals surface area contributed by atoms with E-state index in [0.717, 1.165) is 12.5 Å². The number of nitrogens with one attached hydrogen (secondary N) is 1. The molecule has 1 aliphatic rings. The van der Waals surface area contributed by atoms with Gasteiger partial charge in [-0.1, -0.05) is 54.6 Å². The minimum Gasteiger partial charge on any atom is -0.310 e. The standard InChI is InChI=1S/C18H28BrN/c1-3-10-20-18(15-8-6-4-5-7-9-15)16-11-14(2)12-17(19)13-16/h11-13,15,18,20H,3-10H2,1-2H3. The molecule has 0 aromatic heterocycles. The Hall–Kier alpha value is -0.340. The molecule has 2 rings (SSSR count). The molecule has 0 saturated heterocycles. The summed E-state index contributed by atoms with van der Waals surface area (Å²) in [5.74, 6) is 0.803.